The molecule has 0 unspecified atom stereocenters. The van der Waals surface area contributed by atoms with Crippen molar-refractivity contribution < 1.29 is 4.39 Å². The molecule has 0 fully saturated rings. The van der Waals surface area contributed by atoms with Crippen LogP contribution in [0, 0.1) is 20.7 Å². The molecule has 0 radical (unpaired) electrons. The highest BCUT2D eigenvalue weighted by Gasteiger charge is 2.05. The second-order valence-corrected chi connectivity index (χ2v) is 4.34. The van der Waals surface area contributed by atoms with Gasteiger partial charge in [-0.2, -0.15) is 10.5 Å². The van der Waals surface area contributed by atoms with Crippen molar-refractivity contribution in [3.8, 4) is 6.07 Å². The zero-order valence-corrected chi connectivity index (χ0v) is 11.0. The van der Waals surface area contributed by atoms with Crippen molar-refractivity contribution in [3.05, 3.63) is 39.6 Å². The number of allylic oxidation sites excluding steroid dienone is 1. The highest BCUT2D eigenvalue weighted by molar-refractivity contribution is 14.1. The van der Waals surface area contributed by atoms with Crippen LogP contribution in [0.15, 0.2) is 24.4 Å². The number of halogens is 2. The van der Waals surface area contributed by atoms with Crippen LogP contribution >= 0.6 is 22.6 Å². The SMILES string of the molecule is N#CC(=CNc1ccc(F)c(I)c1)c1nn[nH]n1. The largest absolute Gasteiger partial charge is 0.360 e. The van der Waals surface area contributed by atoms with Gasteiger partial charge < -0.3 is 5.32 Å². The number of anilines is 1. The smallest absolute Gasteiger partial charge is 0.216 e. The van der Waals surface area contributed by atoms with E-state index in [1.54, 1.807) is 12.1 Å². The lowest BCUT2D eigenvalue weighted by atomic mass is 10.3. The van der Waals surface area contributed by atoms with E-state index in [2.05, 4.69) is 25.9 Å². The van der Waals surface area contributed by atoms with Crippen molar-refractivity contribution in [2.75, 3.05) is 5.32 Å². The Bertz CT molecular complexity index is 616. The van der Waals surface area contributed by atoms with E-state index in [1.807, 2.05) is 28.7 Å². The van der Waals surface area contributed by atoms with Crippen LogP contribution in [0.25, 0.3) is 5.57 Å². The molecule has 0 spiro atoms. The number of hydrogen-bond donors (Lipinski definition) is 2. The molecule has 0 amide bonds. The summed E-state index contributed by atoms with van der Waals surface area (Å²) in [5.74, 6) is -0.0920. The van der Waals surface area contributed by atoms with Gasteiger partial charge in [-0.25, -0.2) is 4.39 Å². The van der Waals surface area contributed by atoms with Crippen LogP contribution in [0.4, 0.5) is 10.1 Å². The average Bonchev–Trinajstić information content (AvgIpc) is 2.88. The minimum absolute atomic E-state index is 0.196. The summed E-state index contributed by atoms with van der Waals surface area (Å²) in [5, 5.41) is 24.8. The fraction of sp³-hybridized carbons (Fsp3) is 0. The summed E-state index contributed by atoms with van der Waals surface area (Å²) in [4.78, 5) is 0. The van der Waals surface area contributed by atoms with Gasteiger partial charge in [-0.3, -0.25) is 0 Å². The fourth-order valence-electron chi connectivity index (χ4n) is 1.16. The first-order valence-electron chi connectivity index (χ1n) is 4.76. The van der Waals surface area contributed by atoms with Gasteiger partial charge in [0, 0.05) is 11.9 Å². The number of aromatic amines is 1. The average molecular weight is 356 g/mol. The predicted octanol–water partition coefficient (Wildman–Crippen LogP) is 1.92. The van der Waals surface area contributed by atoms with E-state index >= 15 is 0 Å². The maximum Gasteiger partial charge on any atom is 0.216 e. The summed E-state index contributed by atoms with van der Waals surface area (Å²) in [7, 11) is 0. The van der Waals surface area contributed by atoms with Crippen molar-refractivity contribution >= 4 is 33.9 Å². The maximum atomic E-state index is 13.1. The molecule has 0 saturated heterocycles. The zero-order valence-electron chi connectivity index (χ0n) is 8.85. The molecule has 90 valence electrons. The molecule has 2 N–H and O–H groups in total. The summed E-state index contributed by atoms with van der Waals surface area (Å²) in [6, 6.07) is 6.48. The Balaban J connectivity index is 2.19. The number of H-pyrrole nitrogens is 1. The van der Waals surface area contributed by atoms with Crippen LogP contribution in [0.2, 0.25) is 0 Å². The number of rotatable bonds is 3. The van der Waals surface area contributed by atoms with Crippen LogP contribution in [-0.4, -0.2) is 20.6 Å². The van der Waals surface area contributed by atoms with Gasteiger partial charge in [-0.05, 0) is 46.0 Å². The monoisotopic (exact) mass is 356 g/mol. The number of tetrazole rings is 1. The summed E-state index contributed by atoms with van der Waals surface area (Å²) >= 11 is 1.89. The van der Waals surface area contributed by atoms with E-state index in [4.69, 9.17) is 5.26 Å². The highest BCUT2D eigenvalue weighted by atomic mass is 127. The molecule has 1 aromatic heterocycles. The normalized spacial score (nSPS) is 11.1. The highest BCUT2D eigenvalue weighted by Crippen LogP contribution is 2.17. The number of benzene rings is 1. The minimum Gasteiger partial charge on any atom is -0.360 e. The Hall–Kier alpha value is -2.02. The summed E-state index contributed by atoms with van der Waals surface area (Å²) in [5.41, 5.74) is 0.889. The van der Waals surface area contributed by atoms with Gasteiger partial charge in [0.1, 0.15) is 17.5 Å². The van der Waals surface area contributed by atoms with Gasteiger partial charge in [0.2, 0.25) is 5.82 Å². The molecule has 0 aliphatic carbocycles. The van der Waals surface area contributed by atoms with Gasteiger partial charge in [0.15, 0.2) is 0 Å². The number of nitrogens with zero attached hydrogens (tertiary/aromatic N) is 4. The second kappa shape index (κ2) is 5.54. The summed E-state index contributed by atoms with van der Waals surface area (Å²) < 4.78 is 13.5. The number of hydrogen-bond acceptors (Lipinski definition) is 5. The van der Waals surface area contributed by atoms with E-state index in [0.717, 1.165) is 0 Å². The molecule has 0 atom stereocenters. The van der Waals surface area contributed by atoms with E-state index in [-0.39, 0.29) is 17.2 Å². The Morgan fingerprint density at radius 1 is 1.56 bits per heavy atom. The lowest BCUT2D eigenvalue weighted by Gasteiger charge is -2.02. The second-order valence-electron chi connectivity index (χ2n) is 3.18. The first-order chi connectivity index (χ1) is 8.70. The first kappa shape index (κ1) is 12.4. The van der Waals surface area contributed by atoms with Crippen molar-refractivity contribution in [1.82, 2.24) is 20.6 Å². The van der Waals surface area contributed by atoms with Crippen molar-refractivity contribution in [2.45, 2.75) is 0 Å². The number of nitrogens with one attached hydrogen (secondary N) is 2. The summed E-state index contributed by atoms with van der Waals surface area (Å²) in [6.07, 6.45) is 1.44. The Kier molecular flexibility index (Phi) is 3.83. The molecule has 0 bridgehead atoms. The molecule has 1 heterocycles. The fourth-order valence-corrected chi connectivity index (χ4v) is 1.68. The molecule has 2 rings (SSSR count). The standard InChI is InChI=1S/C10H6FIN6/c11-8-2-1-7(3-9(8)12)14-5-6(4-13)10-15-17-18-16-10/h1-3,5,14H,(H,15,16,17,18). The number of nitriles is 1. The van der Waals surface area contributed by atoms with Crippen LogP contribution in [-0.2, 0) is 0 Å². The Labute approximate surface area is 115 Å². The minimum atomic E-state index is -0.288. The predicted molar refractivity (Wildman–Crippen MR) is 70.5 cm³/mol. The number of aromatic nitrogens is 4. The Morgan fingerprint density at radius 2 is 2.39 bits per heavy atom. The topological polar surface area (TPSA) is 90.3 Å². The summed E-state index contributed by atoms with van der Waals surface area (Å²) in [6.45, 7) is 0. The Morgan fingerprint density at radius 3 is 3.00 bits per heavy atom. The van der Waals surface area contributed by atoms with Crippen molar-refractivity contribution in [3.63, 3.8) is 0 Å². The third-order valence-electron chi connectivity index (χ3n) is 2.01. The molecule has 8 heteroatoms. The van der Waals surface area contributed by atoms with Crippen LogP contribution in [0.1, 0.15) is 5.82 Å². The molecule has 0 aliphatic heterocycles. The maximum absolute atomic E-state index is 13.1. The first-order valence-corrected chi connectivity index (χ1v) is 5.84. The van der Waals surface area contributed by atoms with E-state index in [1.165, 1.54) is 12.3 Å². The third-order valence-corrected chi connectivity index (χ3v) is 2.84. The lowest BCUT2D eigenvalue weighted by Crippen LogP contribution is -1.94. The molecule has 0 saturated carbocycles. The quantitative estimate of drug-likeness (QED) is 0.648. The van der Waals surface area contributed by atoms with Crippen LogP contribution in [0.5, 0.6) is 0 Å². The van der Waals surface area contributed by atoms with E-state index in [0.29, 0.717) is 9.26 Å². The van der Waals surface area contributed by atoms with E-state index in [9.17, 15) is 4.39 Å². The zero-order chi connectivity index (χ0) is 13.0. The molecule has 6 nitrogen and oxygen atoms in total. The van der Waals surface area contributed by atoms with Gasteiger partial charge in [0.25, 0.3) is 0 Å². The van der Waals surface area contributed by atoms with Gasteiger partial charge >= 0.3 is 0 Å². The third kappa shape index (κ3) is 2.80. The van der Waals surface area contributed by atoms with Gasteiger partial charge in [0.05, 0.1) is 3.57 Å². The van der Waals surface area contributed by atoms with Gasteiger partial charge in [-0.15, -0.1) is 10.2 Å². The molecular weight excluding hydrogens is 350 g/mol. The molecule has 2 aromatic rings. The molecule has 1 aromatic carbocycles. The molecule has 0 aliphatic rings. The van der Waals surface area contributed by atoms with Crippen molar-refractivity contribution in [1.29, 1.82) is 5.26 Å². The molecular formula is C10H6FIN6. The van der Waals surface area contributed by atoms with Crippen LogP contribution in [0.3, 0.4) is 0 Å². The van der Waals surface area contributed by atoms with Crippen LogP contribution < -0.4 is 5.32 Å². The van der Waals surface area contributed by atoms with Crippen molar-refractivity contribution in [2.24, 2.45) is 0 Å². The van der Waals surface area contributed by atoms with E-state index < -0.39 is 0 Å². The van der Waals surface area contributed by atoms with Gasteiger partial charge in [-0.1, -0.05) is 0 Å². The molecule has 18 heavy (non-hydrogen) atoms. The lowest BCUT2D eigenvalue weighted by molar-refractivity contribution is 0.620.